The predicted molar refractivity (Wildman–Crippen MR) is 103 cm³/mol. The first-order valence-corrected chi connectivity index (χ1v) is 9.79. The number of hydrogen-bond acceptors (Lipinski definition) is 4. The molecular weight excluding hydrogens is 344 g/mol. The van der Waals surface area contributed by atoms with Gasteiger partial charge >= 0.3 is 0 Å². The highest BCUT2D eigenvalue weighted by Gasteiger charge is 2.34. The third-order valence-corrected chi connectivity index (χ3v) is 5.50. The lowest BCUT2D eigenvalue weighted by atomic mass is 9.92. The minimum Gasteiger partial charge on any atom is -0.377 e. The van der Waals surface area contributed by atoms with Crippen molar-refractivity contribution in [1.82, 2.24) is 9.80 Å². The summed E-state index contributed by atoms with van der Waals surface area (Å²) < 4.78 is 10.9. The number of amides is 2. The SMILES string of the molecule is Cc1ccc(C(CC(=O)N2CCOC[C@@H]2C)C(=O)N2CCOC[C@@H]2C)cc1. The van der Waals surface area contributed by atoms with Crippen molar-refractivity contribution in [2.24, 2.45) is 0 Å². The van der Waals surface area contributed by atoms with E-state index in [1.165, 1.54) is 0 Å². The number of nitrogens with zero attached hydrogens (tertiary/aromatic N) is 2. The smallest absolute Gasteiger partial charge is 0.231 e. The third kappa shape index (κ3) is 4.68. The van der Waals surface area contributed by atoms with E-state index in [0.29, 0.717) is 39.5 Å². The molecule has 2 heterocycles. The van der Waals surface area contributed by atoms with Gasteiger partial charge in [-0.05, 0) is 26.3 Å². The molecule has 0 aromatic heterocycles. The molecule has 2 aliphatic rings. The number of carbonyl (C=O) groups is 2. The van der Waals surface area contributed by atoms with Crippen LogP contribution in [-0.4, -0.2) is 73.2 Å². The topological polar surface area (TPSA) is 59.1 Å². The Morgan fingerprint density at radius 3 is 2.11 bits per heavy atom. The molecule has 0 saturated carbocycles. The van der Waals surface area contributed by atoms with Gasteiger partial charge in [0.05, 0.1) is 44.4 Å². The molecule has 6 nitrogen and oxygen atoms in total. The van der Waals surface area contributed by atoms with Gasteiger partial charge in [-0.3, -0.25) is 9.59 Å². The molecule has 1 aromatic rings. The Labute approximate surface area is 161 Å². The quantitative estimate of drug-likeness (QED) is 0.808. The Hall–Kier alpha value is -1.92. The molecule has 0 spiro atoms. The number of benzene rings is 1. The van der Waals surface area contributed by atoms with E-state index in [1.54, 1.807) is 0 Å². The Kier molecular flexibility index (Phi) is 6.50. The Morgan fingerprint density at radius 2 is 1.56 bits per heavy atom. The van der Waals surface area contributed by atoms with Crippen molar-refractivity contribution in [1.29, 1.82) is 0 Å². The van der Waals surface area contributed by atoms with E-state index in [4.69, 9.17) is 9.47 Å². The van der Waals surface area contributed by atoms with Crippen molar-refractivity contribution < 1.29 is 19.1 Å². The first-order chi connectivity index (χ1) is 13.0. The molecular formula is C21H30N2O4. The first kappa shape index (κ1) is 19.8. The molecule has 2 fully saturated rings. The monoisotopic (exact) mass is 374 g/mol. The second-order valence-corrected chi connectivity index (χ2v) is 7.63. The molecule has 2 aliphatic heterocycles. The molecule has 0 radical (unpaired) electrons. The fraction of sp³-hybridized carbons (Fsp3) is 0.619. The Balaban J connectivity index is 1.82. The van der Waals surface area contributed by atoms with Gasteiger partial charge in [0, 0.05) is 19.5 Å². The van der Waals surface area contributed by atoms with Gasteiger partial charge in [0.15, 0.2) is 0 Å². The van der Waals surface area contributed by atoms with E-state index in [2.05, 4.69) is 0 Å². The zero-order chi connectivity index (χ0) is 19.4. The minimum absolute atomic E-state index is 0.0175. The highest BCUT2D eigenvalue weighted by molar-refractivity contribution is 5.90. The zero-order valence-corrected chi connectivity index (χ0v) is 16.5. The van der Waals surface area contributed by atoms with Gasteiger partial charge in [0.1, 0.15) is 0 Å². The second kappa shape index (κ2) is 8.85. The van der Waals surface area contributed by atoms with E-state index in [-0.39, 0.29) is 30.3 Å². The Bertz CT molecular complexity index is 661. The van der Waals surface area contributed by atoms with Crippen LogP contribution in [0.1, 0.15) is 37.3 Å². The second-order valence-electron chi connectivity index (χ2n) is 7.63. The minimum atomic E-state index is -0.464. The molecule has 2 amide bonds. The van der Waals surface area contributed by atoms with Gasteiger partial charge in [-0.1, -0.05) is 29.8 Å². The fourth-order valence-electron chi connectivity index (χ4n) is 3.79. The number of aryl methyl sites for hydroxylation is 1. The molecule has 1 aromatic carbocycles. The van der Waals surface area contributed by atoms with Crippen molar-refractivity contribution in [2.45, 2.75) is 45.2 Å². The number of morpholine rings is 2. The molecule has 0 N–H and O–H groups in total. The van der Waals surface area contributed by atoms with Gasteiger partial charge in [-0.25, -0.2) is 0 Å². The number of hydrogen-bond donors (Lipinski definition) is 0. The van der Waals surface area contributed by atoms with Crippen molar-refractivity contribution in [3.8, 4) is 0 Å². The van der Waals surface area contributed by atoms with Crippen LogP contribution in [0.2, 0.25) is 0 Å². The first-order valence-electron chi connectivity index (χ1n) is 9.79. The van der Waals surface area contributed by atoms with E-state index in [0.717, 1.165) is 11.1 Å². The molecule has 3 atom stereocenters. The molecule has 3 rings (SSSR count). The van der Waals surface area contributed by atoms with E-state index in [1.807, 2.05) is 54.8 Å². The summed E-state index contributed by atoms with van der Waals surface area (Å²) in [5.74, 6) is -0.428. The summed E-state index contributed by atoms with van der Waals surface area (Å²) in [7, 11) is 0. The maximum atomic E-state index is 13.4. The van der Waals surface area contributed by atoms with E-state index in [9.17, 15) is 9.59 Å². The van der Waals surface area contributed by atoms with Crippen molar-refractivity contribution in [3.63, 3.8) is 0 Å². The number of carbonyl (C=O) groups excluding carboxylic acids is 2. The van der Waals surface area contributed by atoms with Crippen molar-refractivity contribution in [2.75, 3.05) is 39.5 Å². The average Bonchev–Trinajstić information content (AvgIpc) is 2.67. The molecule has 27 heavy (non-hydrogen) atoms. The van der Waals surface area contributed by atoms with Crippen molar-refractivity contribution >= 4 is 11.8 Å². The van der Waals surface area contributed by atoms with Gasteiger partial charge in [0.2, 0.25) is 11.8 Å². The summed E-state index contributed by atoms with van der Waals surface area (Å²) >= 11 is 0. The highest BCUT2D eigenvalue weighted by atomic mass is 16.5. The summed E-state index contributed by atoms with van der Waals surface area (Å²) in [5.41, 5.74) is 2.04. The van der Waals surface area contributed by atoms with Crippen LogP contribution in [-0.2, 0) is 19.1 Å². The zero-order valence-electron chi connectivity index (χ0n) is 16.5. The maximum absolute atomic E-state index is 13.4. The summed E-state index contributed by atoms with van der Waals surface area (Å²) in [6.45, 7) is 9.36. The normalized spacial score (nSPS) is 24.6. The van der Waals surface area contributed by atoms with Crippen LogP contribution in [0.15, 0.2) is 24.3 Å². The molecule has 0 aliphatic carbocycles. The van der Waals surface area contributed by atoms with Crippen LogP contribution in [0.25, 0.3) is 0 Å². The lowest BCUT2D eigenvalue weighted by molar-refractivity contribution is -0.146. The standard InChI is InChI=1S/C21H30N2O4/c1-15-4-6-18(7-5-15)19(21(25)23-9-11-27-14-17(23)3)12-20(24)22-8-10-26-13-16(22)2/h4-7,16-17,19H,8-14H2,1-3H3/t16-,17-,19?/m0/s1. The summed E-state index contributed by atoms with van der Waals surface area (Å²) in [4.78, 5) is 30.1. The number of rotatable bonds is 4. The van der Waals surface area contributed by atoms with Crippen LogP contribution in [0.4, 0.5) is 0 Å². The Morgan fingerprint density at radius 1 is 1.00 bits per heavy atom. The van der Waals surface area contributed by atoms with Crippen LogP contribution in [0.3, 0.4) is 0 Å². The summed E-state index contributed by atoms with van der Waals surface area (Å²) in [5, 5.41) is 0. The molecule has 0 bridgehead atoms. The third-order valence-electron chi connectivity index (χ3n) is 5.50. The van der Waals surface area contributed by atoms with Gasteiger partial charge in [-0.15, -0.1) is 0 Å². The molecule has 6 heteroatoms. The van der Waals surface area contributed by atoms with Crippen LogP contribution in [0.5, 0.6) is 0 Å². The van der Waals surface area contributed by atoms with Gasteiger partial charge < -0.3 is 19.3 Å². The lowest BCUT2D eigenvalue weighted by Crippen LogP contribution is -2.51. The predicted octanol–water partition coefficient (Wildman–Crippen LogP) is 1.96. The molecule has 1 unspecified atom stereocenters. The van der Waals surface area contributed by atoms with Gasteiger partial charge in [0.25, 0.3) is 0 Å². The van der Waals surface area contributed by atoms with Crippen molar-refractivity contribution in [3.05, 3.63) is 35.4 Å². The number of ether oxygens (including phenoxy) is 2. The van der Waals surface area contributed by atoms with E-state index >= 15 is 0 Å². The van der Waals surface area contributed by atoms with Crippen LogP contribution in [0, 0.1) is 6.92 Å². The highest BCUT2D eigenvalue weighted by Crippen LogP contribution is 2.26. The van der Waals surface area contributed by atoms with Gasteiger partial charge in [-0.2, -0.15) is 0 Å². The lowest BCUT2D eigenvalue weighted by Gasteiger charge is -2.37. The molecule has 148 valence electrons. The molecule has 2 saturated heterocycles. The van der Waals surface area contributed by atoms with Crippen LogP contribution < -0.4 is 0 Å². The average molecular weight is 374 g/mol. The summed E-state index contributed by atoms with van der Waals surface area (Å²) in [6.07, 6.45) is 0.191. The maximum Gasteiger partial charge on any atom is 0.231 e. The van der Waals surface area contributed by atoms with Crippen LogP contribution >= 0.6 is 0 Å². The summed E-state index contributed by atoms with van der Waals surface area (Å²) in [6, 6.07) is 8.01. The van der Waals surface area contributed by atoms with E-state index < -0.39 is 5.92 Å². The fourth-order valence-corrected chi connectivity index (χ4v) is 3.79. The largest absolute Gasteiger partial charge is 0.377 e.